The molecule has 27 heavy (non-hydrogen) atoms. The molecule has 4 rings (SSSR count). The van der Waals surface area contributed by atoms with Crippen LogP contribution >= 0.6 is 22.9 Å². The number of rotatable bonds is 4. The molecule has 0 radical (unpaired) electrons. The Hall–Kier alpha value is -2.51. The van der Waals surface area contributed by atoms with E-state index in [0.717, 1.165) is 39.5 Å². The highest BCUT2D eigenvalue weighted by Gasteiger charge is 2.36. The Morgan fingerprint density at radius 2 is 1.70 bits per heavy atom. The number of hydrogen-bond acceptors (Lipinski definition) is 4. The number of fused-ring (bicyclic) bond motifs is 1. The summed E-state index contributed by atoms with van der Waals surface area (Å²) in [4.78, 5) is 12.2. The zero-order valence-electron chi connectivity index (χ0n) is 13.7. The molecule has 0 spiro atoms. The monoisotopic (exact) mass is 405 g/mol. The fourth-order valence-electron chi connectivity index (χ4n) is 2.67. The lowest BCUT2D eigenvalue weighted by Crippen LogP contribution is -2.18. The van der Waals surface area contributed by atoms with Crippen LogP contribution in [0.25, 0.3) is 10.2 Å². The second-order valence-electron chi connectivity index (χ2n) is 5.85. The highest BCUT2D eigenvalue weighted by molar-refractivity contribution is 7.18. The maximum absolute atomic E-state index is 14.8. The minimum absolute atomic E-state index is 0.258. The van der Waals surface area contributed by atoms with Crippen LogP contribution < -0.4 is 0 Å². The Bertz CT molecular complexity index is 1080. The van der Waals surface area contributed by atoms with E-state index in [-0.39, 0.29) is 17.3 Å². The molecule has 4 aromatic rings. The van der Waals surface area contributed by atoms with Crippen molar-refractivity contribution in [3.63, 3.8) is 0 Å². The van der Waals surface area contributed by atoms with Gasteiger partial charge < -0.3 is 0 Å². The van der Waals surface area contributed by atoms with Crippen molar-refractivity contribution in [2.75, 3.05) is 0 Å². The van der Waals surface area contributed by atoms with Crippen LogP contribution in [0.1, 0.15) is 22.0 Å². The molecule has 0 amide bonds. The van der Waals surface area contributed by atoms with Gasteiger partial charge in [0, 0.05) is 12.0 Å². The molecule has 0 saturated carbocycles. The van der Waals surface area contributed by atoms with Gasteiger partial charge in [-0.2, -0.15) is 8.78 Å². The minimum Gasteiger partial charge on any atom is -0.241 e. The molecule has 0 N–H and O–H groups in total. The lowest BCUT2D eigenvalue weighted by atomic mass is 10.0. The molecule has 0 aliphatic carbocycles. The largest absolute Gasteiger partial charge is 0.315 e. The number of benzene rings is 2. The maximum Gasteiger partial charge on any atom is 0.315 e. The fraction of sp³-hybridized carbons (Fsp3) is 0.105. The van der Waals surface area contributed by atoms with Crippen LogP contribution in [0.4, 0.5) is 13.2 Å². The quantitative estimate of drug-likeness (QED) is 0.414. The summed E-state index contributed by atoms with van der Waals surface area (Å²) in [5, 5.41) is 0.465. The van der Waals surface area contributed by atoms with Gasteiger partial charge in [0.1, 0.15) is 11.5 Å². The van der Waals surface area contributed by atoms with Crippen molar-refractivity contribution in [2.45, 2.75) is 12.3 Å². The molecule has 0 aliphatic heterocycles. The van der Waals surface area contributed by atoms with Gasteiger partial charge >= 0.3 is 5.92 Å². The number of hydrogen-bond donors (Lipinski definition) is 0. The van der Waals surface area contributed by atoms with E-state index in [2.05, 4.69) is 15.0 Å². The number of nitrogens with zero attached hydrogens (tertiary/aromatic N) is 3. The number of thiazole rings is 1. The number of aromatic nitrogens is 3. The zero-order valence-corrected chi connectivity index (χ0v) is 15.2. The van der Waals surface area contributed by atoms with Crippen molar-refractivity contribution in [3.8, 4) is 0 Å². The zero-order chi connectivity index (χ0) is 19.0. The van der Waals surface area contributed by atoms with Gasteiger partial charge in [0.25, 0.3) is 0 Å². The lowest BCUT2D eigenvalue weighted by molar-refractivity contribution is 0.0377. The van der Waals surface area contributed by atoms with E-state index in [4.69, 9.17) is 11.6 Å². The normalized spacial score (nSPS) is 11.9. The fourth-order valence-corrected chi connectivity index (χ4v) is 3.86. The molecule has 2 aromatic heterocycles. The maximum atomic E-state index is 14.8. The standard InChI is InChI=1S/C19H11ClF3N3S/c20-18-24-13(10-17-25-14-3-1-2-4-15(14)27-17)9-16(26-18)19(22,23)11-5-7-12(21)8-6-11/h1-9H,10H2. The van der Waals surface area contributed by atoms with E-state index >= 15 is 0 Å². The highest BCUT2D eigenvalue weighted by atomic mass is 35.5. The molecule has 2 aromatic carbocycles. The van der Waals surface area contributed by atoms with Crippen molar-refractivity contribution in [1.82, 2.24) is 15.0 Å². The number of alkyl halides is 2. The molecule has 0 aliphatic rings. The van der Waals surface area contributed by atoms with Crippen LogP contribution in [0.3, 0.4) is 0 Å². The average Bonchev–Trinajstić information content (AvgIpc) is 3.03. The summed E-state index contributed by atoms with van der Waals surface area (Å²) in [6, 6.07) is 12.8. The van der Waals surface area contributed by atoms with Gasteiger partial charge in [0.15, 0.2) is 0 Å². The molecular formula is C19H11ClF3N3S. The van der Waals surface area contributed by atoms with E-state index in [1.54, 1.807) is 0 Å². The van der Waals surface area contributed by atoms with Gasteiger partial charge in [-0.05, 0) is 54.1 Å². The minimum atomic E-state index is -3.43. The van der Waals surface area contributed by atoms with Gasteiger partial charge in [-0.1, -0.05) is 12.1 Å². The van der Waals surface area contributed by atoms with Crippen LogP contribution in [0.2, 0.25) is 5.28 Å². The molecule has 0 bridgehead atoms. The predicted octanol–water partition coefficient (Wildman–Crippen LogP) is 5.61. The van der Waals surface area contributed by atoms with E-state index in [1.807, 2.05) is 24.3 Å². The second kappa shape index (κ2) is 6.90. The molecule has 0 unspecified atom stereocenters. The summed E-state index contributed by atoms with van der Waals surface area (Å²) < 4.78 is 43.6. The SMILES string of the molecule is Fc1ccc(C(F)(F)c2cc(Cc3nc4ccccc4s3)nc(Cl)n2)cc1. The third-order valence-electron chi connectivity index (χ3n) is 3.95. The molecule has 2 heterocycles. The van der Waals surface area contributed by atoms with Gasteiger partial charge in [0.2, 0.25) is 5.28 Å². The average molecular weight is 406 g/mol. The predicted molar refractivity (Wildman–Crippen MR) is 98.9 cm³/mol. The molecule has 0 fully saturated rings. The third-order valence-corrected chi connectivity index (χ3v) is 5.16. The molecule has 136 valence electrons. The van der Waals surface area contributed by atoms with Gasteiger partial charge in [-0.3, -0.25) is 0 Å². The van der Waals surface area contributed by atoms with Crippen molar-refractivity contribution < 1.29 is 13.2 Å². The third kappa shape index (κ3) is 3.65. The Labute approximate surface area is 161 Å². The molecule has 0 atom stereocenters. The first-order valence-corrected chi connectivity index (χ1v) is 9.13. The van der Waals surface area contributed by atoms with Crippen LogP contribution in [-0.4, -0.2) is 15.0 Å². The van der Waals surface area contributed by atoms with Crippen LogP contribution in [-0.2, 0) is 12.3 Å². The first kappa shape index (κ1) is 17.9. The molecular weight excluding hydrogens is 395 g/mol. The van der Waals surface area contributed by atoms with Crippen LogP contribution in [0.15, 0.2) is 54.6 Å². The summed E-state index contributed by atoms with van der Waals surface area (Å²) >= 11 is 7.35. The number of para-hydroxylation sites is 1. The van der Waals surface area contributed by atoms with Crippen LogP contribution in [0.5, 0.6) is 0 Å². The topological polar surface area (TPSA) is 38.7 Å². The van der Waals surface area contributed by atoms with Gasteiger partial charge in [-0.25, -0.2) is 19.3 Å². The lowest BCUT2D eigenvalue weighted by Gasteiger charge is -2.17. The van der Waals surface area contributed by atoms with Crippen molar-refractivity contribution >= 4 is 33.2 Å². The summed E-state index contributed by atoms with van der Waals surface area (Å²) in [5.41, 5.74) is 0.273. The Morgan fingerprint density at radius 1 is 0.963 bits per heavy atom. The van der Waals surface area contributed by atoms with Crippen molar-refractivity contribution in [3.05, 3.63) is 87.7 Å². The van der Waals surface area contributed by atoms with E-state index in [1.165, 1.54) is 17.4 Å². The summed E-state index contributed by atoms with van der Waals surface area (Å²) in [7, 11) is 0. The molecule has 8 heteroatoms. The van der Waals surface area contributed by atoms with Crippen LogP contribution in [0, 0.1) is 5.82 Å². The Morgan fingerprint density at radius 3 is 2.44 bits per heavy atom. The summed E-state index contributed by atoms with van der Waals surface area (Å²) in [6.07, 6.45) is 0.258. The smallest absolute Gasteiger partial charge is 0.241 e. The van der Waals surface area contributed by atoms with E-state index in [9.17, 15) is 13.2 Å². The van der Waals surface area contributed by atoms with Gasteiger partial charge in [-0.15, -0.1) is 11.3 Å². The second-order valence-corrected chi connectivity index (χ2v) is 7.30. The first-order valence-electron chi connectivity index (χ1n) is 7.94. The Kier molecular flexibility index (Phi) is 4.57. The summed E-state index contributed by atoms with van der Waals surface area (Å²) in [6.45, 7) is 0. The van der Waals surface area contributed by atoms with Crippen molar-refractivity contribution in [2.24, 2.45) is 0 Å². The van der Waals surface area contributed by atoms with Gasteiger partial charge in [0.05, 0.1) is 20.9 Å². The van der Waals surface area contributed by atoms with E-state index in [0.29, 0.717) is 5.69 Å². The Balaban J connectivity index is 1.69. The van der Waals surface area contributed by atoms with E-state index < -0.39 is 17.4 Å². The highest BCUT2D eigenvalue weighted by Crippen LogP contribution is 2.35. The van der Waals surface area contributed by atoms with Crippen molar-refractivity contribution in [1.29, 1.82) is 0 Å². The molecule has 0 saturated heterocycles. The molecule has 3 nitrogen and oxygen atoms in total. The summed E-state index contributed by atoms with van der Waals surface area (Å²) in [5.74, 6) is -4.02. The number of halogens is 4. The first-order chi connectivity index (χ1) is 12.9.